The highest BCUT2D eigenvalue weighted by atomic mass is 127. The lowest BCUT2D eigenvalue weighted by Gasteiger charge is -2.32. The highest BCUT2D eigenvalue weighted by Gasteiger charge is 2.23. The molecule has 152 valence electrons. The molecule has 27 heavy (non-hydrogen) atoms. The number of methoxy groups -OCH3 is 1. The SMILES string of the molecule is CN=C(NCC(C)Sc1ccc(Br)cc1)NC1CCN(C(=O)OC)CC1.I. The molecule has 1 aromatic rings. The molecule has 1 saturated heterocycles. The van der Waals surface area contributed by atoms with Crippen LogP contribution in [0.15, 0.2) is 38.6 Å². The largest absolute Gasteiger partial charge is 0.453 e. The molecule has 0 aliphatic carbocycles. The van der Waals surface area contributed by atoms with Gasteiger partial charge in [-0.05, 0) is 37.1 Å². The van der Waals surface area contributed by atoms with Crippen LogP contribution in [-0.2, 0) is 4.74 Å². The van der Waals surface area contributed by atoms with E-state index in [-0.39, 0.29) is 30.1 Å². The van der Waals surface area contributed by atoms with Gasteiger partial charge in [-0.3, -0.25) is 4.99 Å². The van der Waals surface area contributed by atoms with Gasteiger partial charge in [-0.25, -0.2) is 4.79 Å². The van der Waals surface area contributed by atoms with E-state index >= 15 is 0 Å². The van der Waals surface area contributed by atoms with E-state index in [1.54, 1.807) is 11.9 Å². The minimum atomic E-state index is -0.246. The Morgan fingerprint density at radius 1 is 1.37 bits per heavy atom. The number of hydrogen-bond donors (Lipinski definition) is 2. The average molecular weight is 571 g/mol. The fraction of sp³-hybridized carbons (Fsp3) is 0.556. The van der Waals surface area contributed by atoms with Crippen LogP contribution in [0.25, 0.3) is 0 Å². The van der Waals surface area contributed by atoms with Crippen LogP contribution in [0.3, 0.4) is 0 Å². The number of carbonyl (C=O) groups excluding carboxylic acids is 1. The number of ether oxygens (including phenoxy) is 1. The first-order valence-electron chi connectivity index (χ1n) is 8.74. The first-order chi connectivity index (χ1) is 12.5. The summed E-state index contributed by atoms with van der Waals surface area (Å²) < 4.78 is 5.87. The number of benzene rings is 1. The minimum absolute atomic E-state index is 0. The Hall–Kier alpha value is -0.680. The smallest absolute Gasteiger partial charge is 0.409 e. The van der Waals surface area contributed by atoms with Crippen LogP contribution in [0.2, 0.25) is 0 Å². The van der Waals surface area contributed by atoms with Gasteiger partial charge in [0, 0.05) is 47.3 Å². The molecule has 1 heterocycles. The fourth-order valence-corrected chi connectivity index (χ4v) is 3.94. The Labute approximate surface area is 191 Å². The van der Waals surface area contributed by atoms with Gasteiger partial charge in [0.2, 0.25) is 0 Å². The minimum Gasteiger partial charge on any atom is -0.453 e. The van der Waals surface area contributed by atoms with Gasteiger partial charge in [0.25, 0.3) is 0 Å². The number of halogens is 2. The van der Waals surface area contributed by atoms with E-state index in [9.17, 15) is 4.79 Å². The van der Waals surface area contributed by atoms with Gasteiger partial charge < -0.3 is 20.3 Å². The second-order valence-corrected chi connectivity index (χ2v) is 8.64. The van der Waals surface area contributed by atoms with E-state index in [0.717, 1.165) is 29.8 Å². The van der Waals surface area contributed by atoms with Crippen molar-refractivity contribution in [1.29, 1.82) is 0 Å². The zero-order valence-corrected chi connectivity index (χ0v) is 20.6. The Balaban J connectivity index is 0.00000364. The Kier molecular flexibility index (Phi) is 11.5. The number of piperidine rings is 1. The first kappa shape index (κ1) is 24.4. The molecule has 0 radical (unpaired) electrons. The summed E-state index contributed by atoms with van der Waals surface area (Å²) in [6.45, 7) is 4.43. The summed E-state index contributed by atoms with van der Waals surface area (Å²) >= 11 is 5.29. The van der Waals surface area contributed by atoms with Crippen molar-refractivity contribution in [3.8, 4) is 0 Å². The molecule has 6 nitrogen and oxygen atoms in total. The van der Waals surface area contributed by atoms with Crippen molar-refractivity contribution in [3.05, 3.63) is 28.7 Å². The van der Waals surface area contributed by atoms with Gasteiger partial charge in [0.05, 0.1) is 7.11 Å². The van der Waals surface area contributed by atoms with Crippen molar-refractivity contribution in [2.24, 2.45) is 4.99 Å². The number of nitrogens with zero attached hydrogens (tertiary/aromatic N) is 2. The van der Waals surface area contributed by atoms with Gasteiger partial charge in [0.1, 0.15) is 0 Å². The third-order valence-corrected chi connectivity index (χ3v) is 5.84. The topological polar surface area (TPSA) is 66.0 Å². The Morgan fingerprint density at radius 2 is 2.00 bits per heavy atom. The van der Waals surface area contributed by atoms with E-state index < -0.39 is 0 Å². The molecule has 1 aliphatic rings. The van der Waals surface area contributed by atoms with Gasteiger partial charge in [-0.1, -0.05) is 22.9 Å². The van der Waals surface area contributed by atoms with Crippen LogP contribution in [0.5, 0.6) is 0 Å². The summed E-state index contributed by atoms with van der Waals surface area (Å²) in [5, 5.41) is 7.26. The third kappa shape index (κ3) is 8.47. The molecule has 0 aromatic heterocycles. The van der Waals surface area contributed by atoms with E-state index in [1.165, 1.54) is 12.0 Å². The average Bonchev–Trinajstić information content (AvgIpc) is 2.66. The van der Waals surface area contributed by atoms with Crippen molar-refractivity contribution < 1.29 is 9.53 Å². The molecule has 0 spiro atoms. The second kappa shape index (κ2) is 12.7. The number of guanidine groups is 1. The van der Waals surface area contributed by atoms with Gasteiger partial charge in [-0.15, -0.1) is 35.7 Å². The molecule has 9 heteroatoms. The molecular weight excluding hydrogens is 543 g/mol. The standard InChI is InChI=1S/C18H27BrN4O2S.HI/c1-13(26-16-6-4-14(19)5-7-16)12-21-17(20-2)22-15-8-10-23(11-9-15)18(24)25-3;/h4-7,13,15H,8-12H2,1-3H3,(H2,20,21,22);1H. The predicted molar refractivity (Wildman–Crippen MR) is 126 cm³/mol. The maximum Gasteiger partial charge on any atom is 0.409 e. The molecule has 0 saturated carbocycles. The first-order valence-corrected chi connectivity index (χ1v) is 10.4. The molecule has 1 aliphatic heterocycles. The number of rotatable bonds is 5. The van der Waals surface area contributed by atoms with Crippen LogP contribution in [0, 0.1) is 0 Å². The maximum atomic E-state index is 11.5. The quantitative estimate of drug-likeness (QED) is 0.243. The number of carbonyl (C=O) groups is 1. The maximum absolute atomic E-state index is 11.5. The number of likely N-dealkylation sites (tertiary alicyclic amines) is 1. The number of hydrogen-bond acceptors (Lipinski definition) is 4. The molecule has 1 aromatic carbocycles. The number of nitrogens with one attached hydrogen (secondary N) is 2. The molecule has 2 rings (SSSR count). The van der Waals surface area contributed by atoms with Crippen LogP contribution >= 0.6 is 51.7 Å². The number of aliphatic imine (C=N–C) groups is 1. The van der Waals surface area contributed by atoms with E-state index in [1.807, 2.05) is 11.8 Å². The van der Waals surface area contributed by atoms with Crippen molar-refractivity contribution in [2.45, 2.75) is 36.0 Å². The van der Waals surface area contributed by atoms with Crippen molar-refractivity contribution >= 4 is 63.7 Å². The lowest BCUT2D eigenvalue weighted by atomic mass is 10.1. The lowest BCUT2D eigenvalue weighted by molar-refractivity contribution is 0.111. The summed E-state index contributed by atoms with van der Waals surface area (Å²) in [6.07, 6.45) is 1.53. The Morgan fingerprint density at radius 3 is 2.56 bits per heavy atom. The highest BCUT2D eigenvalue weighted by Crippen LogP contribution is 2.24. The van der Waals surface area contributed by atoms with Crippen LogP contribution in [-0.4, -0.2) is 62.0 Å². The Bertz CT molecular complexity index is 610. The zero-order valence-electron chi connectivity index (χ0n) is 15.9. The van der Waals surface area contributed by atoms with E-state index in [0.29, 0.717) is 24.4 Å². The van der Waals surface area contributed by atoms with Crippen molar-refractivity contribution in [1.82, 2.24) is 15.5 Å². The molecular formula is C18H28BrIN4O2S. The molecule has 1 amide bonds. The van der Waals surface area contributed by atoms with Gasteiger partial charge in [0.15, 0.2) is 5.96 Å². The molecule has 0 bridgehead atoms. The van der Waals surface area contributed by atoms with Crippen LogP contribution < -0.4 is 10.6 Å². The molecule has 1 atom stereocenters. The normalized spacial score (nSPS) is 16.3. The molecule has 1 fully saturated rings. The number of thioether (sulfide) groups is 1. The fourth-order valence-electron chi connectivity index (χ4n) is 2.75. The summed E-state index contributed by atoms with van der Waals surface area (Å²) in [4.78, 5) is 18.8. The third-order valence-electron chi connectivity index (χ3n) is 4.20. The second-order valence-electron chi connectivity index (χ2n) is 6.21. The zero-order chi connectivity index (χ0) is 18.9. The van der Waals surface area contributed by atoms with E-state index in [2.05, 4.69) is 62.7 Å². The van der Waals surface area contributed by atoms with Gasteiger partial charge >= 0.3 is 6.09 Å². The van der Waals surface area contributed by atoms with Crippen LogP contribution in [0.1, 0.15) is 19.8 Å². The highest BCUT2D eigenvalue weighted by molar-refractivity contribution is 14.0. The van der Waals surface area contributed by atoms with Crippen molar-refractivity contribution in [3.63, 3.8) is 0 Å². The number of amides is 1. The summed E-state index contributed by atoms with van der Waals surface area (Å²) in [6, 6.07) is 8.67. The summed E-state index contributed by atoms with van der Waals surface area (Å²) in [5.74, 6) is 0.810. The molecule has 2 N–H and O–H groups in total. The summed E-state index contributed by atoms with van der Waals surface area (Å²) in [5.41, 5.74) is 0. The van der Waals surface area contributed by atoms with Crippen molar-refractivity contribution in [2.75, 3.05) is 33.8 Å². The van der Waals surface area contributed by atoms with Gasteiger partial charge in [-0.2, -0.15) is 0 Å². The van der Waals surface area contributed by atoms with Crippen LogP contribution in [0.4, 0.5) is 4.79 Å². The van der Waals surface area contributed by atoms with E-state index in [4.69, 9.17) is 4.74 Å². The lowest BCUT2D eigenvalue weighted by Crippen LogP contribution is -2.50. The molecule has 1 unspecified atom stereocenters. The monoisotopic (exact) mass is 570 g/mol. The predicted octanol–water partition coefficient (Wildman–Crippen LogP) is 3.94. The summed E-state index contributed by atoms with van der Waals surface area (Å²) in [7, 11) is 3.21.